The summed E-state index contributed by atoms with van der Waals surface area (Å²) in [5.74, 6) is 1.63. The van der Waals surface area contributed by atoms with Crippen molar-refractivity contribution in [2.75, 3.05) is 13.7 Å². The van der Waals surface area contributed by atoms with Gasteiger partial charge in [-0.1, -0.05) is 12.1 Å². The van der Waals surface area contributed by atoms with Crippen LogP contribution in [0.3, 0.4) is 0 Å². The minimum atomic E-state index is 0.377. The van der Waals surface area contributed by atoms with E-state index < -0.39 is 0 Å². The van der Waals surface area contributed by atoms with Crippen LogP contribution in [0.4, 0.5) is 0 Å². The summed E-state index contributed by atoms with van der Waals surface area (Å²) in [6, 6.07) is 6.29. The quantitative estimate of drug-likeness (QED) is 0.888. The van der Waals surface area contributed by atoms with Crippen molar-refractivity contribution in [2.24, 2.45) is 5.73 Å². The van der Waals surface area contributed by atoms with Crippen LogP contribution in [0.2, 0.25) is 0 Å². The molecule has 19 heavy (non-hydrogen) atoms. The van der Waals surface area contributed by atoms with Gasteiger partial charge in [0.1, 0.15) is 5.82 Å². The molecule has 0 fully saturated rings. The van der Waals surface area contributed by atoms with E-state index in [-0.39, 0.29) is 0 Å². The van der Waals surface area contributed by atoms with Gasteiger partial charge in [0.25, 0.3) is 0 Å². The monoisotopic (exact) mass is 260 g/mol. The van der Waals surface area contributed by atoms with E-state index in [1.54, 1.807) is 7.11 Å². The SMILES string of the molecule is COCCn1c(CN)nnc1-c1ccc(C)c(C)c1. The first-order chi connectivity index (χ1) is 9.17. The summed E-state index contributed by atoms with van der Waals surface area (Å²) in [7, 11) is 1.68. The van der Waals surface area contributed by atoms with Crippen molar-refractivity contribution in [3.8, 4) is 11.4 Å². The normalized spacial score (nSPS) is 10.9. The van der Waals surface area contributed by atoms with Gasteiger partial charge in [-0.25, -0.2) is 0 Å². The predicted molar refractivity (Wildman–Crippen MR) is 74.7 cm³/mol. The summed E-state index contributed by atoms with van der Waals surface area (Å²) in [5, 5.41) is 8.41. The molecule has 0 aliphatic heterocycles. The van der Waals surface area contributed by atoms with Gasteiger partial charge in [0.15, 0.2) is 5.82 Å². The number of benzene rings is 1. The molecule has 2 aromatic rings. The van der Waals surface area contributed by atoms with Gasteiger partial charge < -0.3 is 15.0 Å². The number of nitrogens with two attached hydrogens (primary N) is 1. The minimum absolute atomic E-state index is 0.377. The van der Waals surface area contributed by atoms with Crippen molar-refractivity contribution in [2.45, 2.75) is 26.9 Å². The van der Waals surface area contributed by atoms with Crippen molar-refractivity contribution < 1.29 is 4.74 Å². The van der Waals surface area contributed by atoms with Gasteiger partial charge in [-0.3, -0.25) is 0 Å². The summed E-state index contributed by atoms with van der Waals surface area (Å²) in [6.45, 7) is 5.89. The Hall–Kier alpha value is -1.72. The van der Waals surface area contributed by atoms with Crippen LogP contribution >= 0.6 is 0 Å². The molecule has 5 nitrogen and oxygen atoms in total. The molecule has 0 saturated heterocycles. The van der Waals surface area contributed by atoms with Crippen LogP contribution in [0.15, 0.2) is 18.2 Å². The Bertz CT molecular complexity index is 563. The number of methoxy groups -OCH3 is 1. The summed E-state index contributed by atoms with van der Waals surface area (Å²) in [5.41, 5.74) is 9.28. The number of aromatic nitrogens is 3. The summed E-state index contributed by atoms with van der Waals surface area (Å²) in [6.07, 6.45) is 0. The van der Waals surface area contributed by atoms with E-state index in [2.05, 4.69) is 42.2 Å². The van der Waals surface area contributed by atoms with Crippen LogP contribution in [0.5, 0.6) is 0 Å². The Morgan fingerprint density at radius 3 is 2.63 bits per heavy atom. The lowest BCUT2D eigenvalue weighted by atomic mass is 10.1. The summed E-state index contributed by atoms with van der Waals surface area (Å²) in [4.78, 5) is 0. The highest BCUT2D eigenvalue weighted by Gasteiger charge is 2.13. The lowest BCUT2D eigenvalue weighted by Gasteiger charge is -2.10. The van der Waals surface area contributed by atoms with E-state index in [4.69, 9.17) is 10.5 Å². The molecule has 0 atom stereocenters. The molecule has 1 heterocycles. The second kappa shape index (κ2) is 5.95. The van der Waals surface area contributed by atoms with E-state index >= 15 is 0 Å². The third kappa shape index (κ3) is 2.83. The van der Waals surface area contributed by atoms with Crippen molar-refractivity contribution in [1.82, 2.24) is 14.8 Å². The van der Waals surface area contributed by atoms with Crippen molar-refractivity contribution in [3.05, 3.63) is 35.2 Å². The Kier molecular flexibility index (Phi) is 4.29. The molecule has 0 aliphatic carbocycles. The zero-order valence-electron chi connectivity index (χ0n) is 11.7. The third-order valence-electron chi connectivity index (χ3n) is 3.29. The molecule has 0 unspecified atom stereocenters. The molecule has 0 saturated carbocycles. The van der Waals surface area contributed by atoms with Crippen molar-refractivity contribution in [3.63, 3.8) is 0 Å². The van der Waals surface area contributed by atoms with E-state index in [0.29, 0.717) is 19.7 Å². The van der Waals surface area contributed by atoms with E-state index in [9.17, 15) is 0 Å². The average Bonchev–Trinajstić information content (AvgIpc) is 2.82. The number of rotatable bonds is 5. The smallest absolute Gasteiger partial charge is 0.164 e. The van der Waals surface area contributed by atoms with E-state index in [0.717, 1.165) is 17.2 Å². The molecule has 1 aromatic heterocycles. The first-order valence-electron chi connectivity index (χ1n) is 6.36. The maximum Gasteiger partial charge on any atom is 0.164 e. The van der Waals surface area contributed by atoms with Gasteiger partial charge in [-0.2, -0.15) is 0 Å². The number of hydrogen-bond acceptors (Lipinski definition) is 4. The molecule has 0 spiro atoms. The molecular weight excluding hydrogens is 240 g/mol. The number of ether oxygens (including phenoxy) is 1. The fourth-order valence-corrected chi connectivity index (χ4v) is 2.00. The summed E-state index contributed by atoms with van der Waals surface area (Å²) < 4.78 is 7.15. The first-order valence-corrected chi connectivity index (χ1v) is 6.36. The summed E-state index contributed by atoms with van der Waals surface area (Å²) >= 11 is 0. The fraction of sp³-hybridized carbons (Fsp3) is 0.429. The second-order valence-corrected chi connectivity index (χ2v) is 4.59. The second-order valence-electron chi connectivity index (χ2n) is 4.59. The zero-order chi connectivity index (χ0) is 13.8. The molecule has 0 aliphatic rings. The number of hydrogen-bond donors (Lipinski definition) is 1. The molecular formula is C14H20N4O. The highest BCUT2D eigenvalue weighted by atomic mass is 16.5. The first kappa shape index (κ1) is 13.7. The van der Waals surface area contributed by atoms with Gasteiger partial charge in [0.05, 0.1) is 13.2 Å². The van der Waals surface area contributed by atoms with Crippen molar-refractivity contribution in [1.29, 1.82) is 0 Å². The molecule has 0 radical (unpaired) electrons. The molecule has 0 bridgehead atoms. The average molecular weight is 260 g/mol. The van der Waals surface area contributed by atoms with E-state index in [1.165, 1.54) is 11.1 Å². The Morgan fingerprint density at radius 1 is 1.21 bits per heavy atom. The Balaban J connectivity index is 2.42. The van der Waals surface area contributed by atoms with Crippen LogP contribution in [0.25, 0.3) is 11.4 Å². The van der Waals surface area contributed by atoms with E-state index in [1.807, 2.05) is 4.57 Å². The van der Waals surface area contributed by atoms with Crippen molar-refractivity contribution >= 4 is 0 Å². The van der Waals surface area contributed by atoms with Crippen LogP contribution in [-0.4, -0.2) is 28.5 Å². The number of aryl methyl sites for hydroxylation is 2. The number of nitrogens with zero attached hydrogens (tertiary/aromatic N) is 3. The molecule has 1 aromatic carbocycles. The van der Waals surface area contributed by atoms with Crippen LogP contribution < -0.4 is 5.73 Å². The molecule has 102 valence electrons. The third-order valence-corrected chi connectivity index (χ3v) is 3.29. The van der Waals surface area contributed by atoms with Crippen LogP contribution in [0.1, 0.15) is 17.0 Å². The Morgan fingerprint density at radius 2 is 2.00 bits per heavy atom. The highest BCUT2D eigenvalue weighted by Crippen LogP contribution is 2.21. The maximum absolute atomic E-state index is 5.70. The standard InChI is InChI=1S/C14H20N4O/c1-10-4-5-12(8-11(10)2)14-17-16-13(9-15)18(14)6-7-19-3/h4-5,8H,6-7,9,15H2,1-3H3. The zero-order valence-corrected chi connectivity index (χ0v) is 11.7. The van der Waals surface area contributed by atoms with Crippen LogP contribution in [0, 0.1) is 13.8 Å². The van der Waals surface area contributed by atoms with Gasteiger partial charge in [-0.15, -0.1) is 10.2 Å². The van der Waals surface area contributed by atoms with Crippen LogP contribution in [-0.2, 0) is 17.8 Å². The lowest BCUT2D eigenvalue weighted by Crippen LogP contribution is -2.12. The Labute approximate surface area is 113 Å². The van der Waals surface area contributed by atoms with Gasteiger partial charge in [0.2, 0.25) is 0 Å². The minimum Gasteiger partial charge on any atom is -0.383 e. The molecule has 0 amide bonds. The topological polar surface area (TPSA) is 66.0 Å². The largest absolute Gasteiger partial charge is 0.383 e. The van der Waals surface area contributed by atoms with Gasteiger partial charge in [0, 0.05) is 19.2 Å². The predicted octanol–water partition coefficient (Wildman–Crippen LogP) is 1.67. The van der Waals surface area contributed by atoms with Gasteiger partial charge >= 0.3 is 0 Å². The van der Waals surface area contributed by atoms with Gasteiger partial charge in [-0.05, 0) is 31.0 Å². The lowest BCUT2D eigenvalue weighted by molar-refractivity contribution is 0.186. The fourth-order valence-electron chi connectivity index (χ4n) is 2.00. The maximum atomic E-state index is 5.70. The molecule has 2 N–H and O–H groups in total. The molecule has 2 rings (SSSR count). The highest BCUT2D eigenvalue weighted by molar-refractivity contribution is 5.57. The molecule has 5 heteroatoms.